The second-order valence-corrected chi connectivity index (χ2v) is 9.12. The van der Waals surface area contributed by atoms with Crippen LogP contribution in [0.5, 0.6) is 0 Å². The molecular weight excluding hydrogens is 499 g/mol. The molecule has 2 aromatic carbocycles. The SMILES string of the molecule is Cc1ccc(NC(=O)c2cccc(C(F)(F)F)c2)cc1NC(=O)[NH+](CCN1CCCC1)c1cc(N)ncn1. The van der Waals surface area contributed by atoms with Crippen LogP contribution in [-0.2, 0) is 6.18 Å². The molecule has 5 N–H and O–H groups in total. The zero-order valence-electron chi connectivity index (χ0n) is 20.8. The molecule has 0 saturated carbocycles. The fraction of sp³-hybridized carbons (Fsp3) is 0.308. The summed E-state index contributed by atoms with van der Waals surface area (Å²) >= 11 is 0. The number of quaternary nitrogens is 1. The molecule has 1 unspecified atom stereocenters. The van der Waals surface area contributed by atoms with Crippen LogP contribution < -0.4 is 21.3 Å². The van der Waals surface area contributed by atoms with Gasteiger partial charge < -0.3 is 11.1 Å². The molecule has 0 aliphatic carbocycles. The molecule has 38 heavy (non-hydrogen) atoms. The molecule has 1 aliphatic rings. The molecule has 1 fully saturated rings. The van der Waals surface area contributed by atoms with Gasteiger partial charge in [0.1, 0.15) is 18.7 Å². The van der Waals surface area contributed by atoms with Gasteiger partial charge in [-0.3, -0.25) is 15.0 Å². The van der Waals surface area contributed by atoms with Gasteiger partial charge in [0.2, 0.25) is 5.82 Å². The second-order valence-electron chi connectivity index (χ2n) is 9.12. The summed E-state index contributed by atoms with van der Waals surface area (Å²) < 4.78 is 39.1. The Balaban J connectivity index is 1.51. The van der Waals surface area contributed by atoms with Crippen molar-refractivity contribution < 1.29 is 27.7 Å². The lowest BCUT2D eigenvalue weighted by Gasteiger charge is -2.20. The van der Waals surface area contributed by atoms with Crippen LogP contribution in [0.2, 0.25) is 0 Å². The molecule has 1 aliphatic heterocycles. The topological polar surface area (TPSA) is 118 Å². The molecule has 3 aromatic rings. The van der Waals surface area contributed by atoms with Crippen molar-refractivity contribution in [2.45, 2.75) is 25.9 Å². The Morgan fingerprint density at radius 2 is 1.82 bits per heavy atom. The summed E-state index contributed by atoms with van der Waals surface area (Å²) in [5.41, 5.74) is 6.28. The maximum Gasteiger partial charge on any atom is 0.425 e. The van der Waals surface area contributed by atoms with Crippen molar-refractivity contribution in [3.8, 4) is 0 Å². The monoisotopic (exact) mass is 528 g/mol. The molecular formula is C26H29F3N7O2+. The van der Waals surface area contributed by atoms with E-state index in [1.807, 2.05) is 0 Å². The summed E-state index contributed by atoms with van der Waals surface area (Å²) in [4.78, 5) is 36.9. The number of aryl methyl sites for hydroxylation is 1. The first kappa shape index (κ1) is 27.0. The number of likely N-dealkylation sites (tertiary alicyclic amines) is 1. The minimum absolute atomic E-state index is 0.134. The molecule has 0 radical (unpaired) electrons. The number of nitrogen functional groups attached to an aromatic ring is 1. The highest BCUT2D eigenvalue weighted by Crippen LogP contribution is 2.30. The molecule has 0 spiro atoms. The van der Waals surface area contributed by atoms with E-state index >= 15 is 0 Å². The van der Waals surface area contributed by atoms with Crippen molar-refractivity contribution in [2.75, 3.05) is 42.5 Å². The van der Waals surface area contributed by atoms with Crippen LogP contribution in [0.4, 0.5) is 41.0 Å². The Morgan fingerprint density at radius 3 is 2.53 bits per heavy atom. The fourth-order valence-corrected chi connectivity index (χ4v) is 4.24. The van der Waals surface area contributed by atoms with Crippen LogP contribution >= 0.6 is 0 Å². The molecule has 9 nitrogen and oxygen atoms in total. The first-order valence-corrected chi connectivity index (χ1v) is 12.2. The number of nitrogens with one attached hydrogen (secondary N) is 3. The molecule has 2 heterocycles. The van der Waals surface area contributed by atoms with E-state index < -0.39 is 17.6 Å². The van der Waals surface area contributed by atoms with Gasteiger partial charge in [-0.1, -0.05) is 12.1 Å². The number of benzene rings is 2. The Morgan fingerprint density at radius 1 is 1.05 bits per heavy atom. The first-order valence-electron chi connectivity index (χ1n) is 12.2. The van der Waals surface area contributed by atoms with Crippen LogP contribution in [0.3, 0.4) is 0 Å². The van der Waals surface area contributed by atoms with Crippen LogP contribution in [0.1, 0.15) is 34.3 Å². The number of halogens is 3. The number of carbonyl (C=O) groups is 2. The third-order valence-electron chi connectivity index (χ3n) is 6.34. The summed E-state index contributed by atoms with van der Waals surface area (Å²) in [6.45, 7) is 4.90. The van der Waals surface area contributed by atoms with E-state index in [9.17, 15) is 22.8 Å². The number of carbonyl (C=O) groups excluding carboxylic acids is 2. The van der Waals surface area contributed by atoms with Crippen LogP contribution in [-0.4, -0.2) is 53.0 Å². The Hall–Kier alpha value is -4.03. The number of urea groups is 1. The van der Waals surface area contributed by atoms with Crippen molar-refractivity contribution in [3.63, 3.8) is 0 Å². The highest BCUT2D eigenvalue weighted by Gasteiger charge is 2.31. The molecule has 200 valence electrons. The summed E-state index contributed by atoms with van der Waals surface area (Å²) in [7, 11) is 0. The van der Waals surface area contributed by atoms with Gasteiger partial charge in [0, 0.05) is 17.8 Å². The smallest absolute Gasteiger partial charge is 0.383 e. The number of nitrogens with zero attached hydrogens (tertiary/aromatic N) is 3. The van der Waals surface area contributed by atoms with Gasteiger partial charge in [-0.05, 0) is 68.8 Å². The fourth-order valence-electron chi connectivity index (χ4n) is 4.24. The lowest BCUT2D eigenvalue weighted by atomic mass is 10.1. The predicted molar refractivity (Wildman–Crippen MR) is 137 cm³/mol. The summed E-state index contributed by atoms with van der Waals surface area (Å²) in [6.07, 6.45) is -1.00. The minimum atomic E-state index is -4.56. The number of anilines is 3. The molecule has 1 atom stereocenters. The van der Waals surface area contributed by atoms with Crippen molar-refractivity contribution in [3.05, 3.63) is 71.5 Å². The standard InChI is InChI=1S/C26H28F3N7O2/c1-17-7-8-20(33-24(37)18-5-4-6-19(13-18)26(27,28)29)14-21(17)34-25(38)36(12-11-35-9-2-3-10-35)23-15-22(30)31-16-32-23/h4-8,13-16H,2-3,9-12H2,1H3,(H,33,37)(H,34,38)(H2,30,31,32)/p+1. The van der Waals surface area contributed by atoms with Gasteiger partial charge in [0.05, 0.1) is 17.3 Å². The van der Waals surface area contributed by atoms with Gasteiger partial charge in [-0.15, -0.1) is 0 Å². The molecule has 1 aromatic heterocycles. The summed E-state index contributed by atoms with van der Waals surface area (Å²) in [5, 5.41) is 5.49. The minimum Gasteiger partial charge on any atom is -0.383 e. The zero-order chi connectivity index (χ0) is 27.3. The predicted octanol–water partition coefficient (Wildman–Crippen LogP) is 3.48. The van der Waals surface area contributed by atoms with Gasteiger partial charge in [-0.25, -0.2) is 14.7 Å². The number of amides is 3. The Labute approximate surface area is 217 Å². The van der Waals surface area contributed by atoms with E-state index in [2.05, 4.69) is 25.5 Å². The van der Waals surface area contributed by atoms with Gasteiger partial charge in [0.25, 0.3) is 5.91 Å². The molecule has 4 rings (SSSR count). The number of hydrogen-bond acceptors (Lipinski definition) is 6. The molecule has 1 saturated heterocycles. The maximum absolute atomic E-state index is 13.4. The van der Waals surface area contributed by atoms with Crippen molar-refractivity contribution >= 4 is 34.9 Å². The van der Waals surface area contributed by atoms with Gasteiger partial charge in [-0.2, -0.15) is 18.2 Å². The summed E-state index contributed by atoms with van der Waals surface area (Å²) in [6, 6.07) is 10.2. The molecule has 0 bridgehead atoms. The van der Waals surface area contributed by atoms with Crippen molar-refractivity contribution in [2.24, 2.45) is 0 Å². The van der Waals surface area contributed by atoms with E-state index in [1.54, 1.807) is 31.2 Å². The van der Waals surface area contributed by atoms with Gasteiger partial charge in [0.15, 0.2) is 0 Å². The first-order chi connectivity index (χ1) is 18.1. The van der Waals surface area contributed by atoms with E-state index in [0.29, 0.717) is 35.2 Å². The molecule has 12 heteroatoms. The average Bonchev–Trinajstić information content (AvgIpc) is 3.39. The largest absolute Gasteiger partial charge is 0.425 e. The number of aromatic nitrogens is 2. The number of nitrogens with two attached hydrogens (primary N) is 1. The van der Waals surface area contributed by atoms with E-state index in [1.165, 1.54) is 18.5 Å². The Bertz CT molecular complexity index is 1310. The Kier molecular flexibility index (Phi) is 8.23. The quantitative estimate of drug-likeness (QED) is 0.373. The number of hydrogen-bond donors (Lipinski definition) is 4. The highest BCUT2D eigenvalue weighted by molar-refractivity contribution is 6.04. The maximum atomic E-state index is 13.4. The number of rotatable bonds is 7. The van der Waals surface area contributed by atoms with Crippen molar-refractivity contribution in [1.82, 2.24) is 14.9 Å². The lowest BCUT2D eigenvalue weighted by Crippen LogP contribution is -3.11. The average molecular weight is 529 g/mol. The second kappa shape index (κ2) is 11.6. The zero-order valence-corrected chi connectivity index (χ0v) is 20.8. The van der Waals surface area contributed by atoms with Gasteiger partial charge >= 0.3 is 12.2 Å². The normalized spacial score (nSPS) is 14.7. The third kappa shape index (κ3) is 6.84. The van der Waals surface area contributed by atoms with E-state index in [4.69, 9.17) is 5.73 Å². The third-order valence-corrected chi connectivity index (χ3v) is 6.34. The highest BCUT2D eigenvalue weighted by atomic mass is 19.4. The van der Waals surface area contributed by atoms with Crippen LogP contribution in [0.15, 0.2) is 54.9 Å². The summed E-state index contributed by atoms with van der Waals surface area (Å²) in [5.74, 6) is -0.0237. The van der Waals surface area contributed by atoms with E-state index in [-0.39, 0.29) is 17.4 Å². The van der Waals surface area contributed by atoms with Crippen LogP contribution in [0.25, 0.3) is 0 Å². The van der Waals surface area contributed by atoms with E-state index in [0.717, 1.165) is 43.6 Å². The number of alkyl halides is 3. The van der Waals surface area contributed by atoms with Crippen LogP contribution in [0, 0.1) is 6.92 Å². The van der Waals surface area contributed by atoms with Crippen molar-refractivity contribution in [1.29, 1.82) is 0 Å². The molecule has 3 amide bonds. The lowest BCUT2D eigenvalue weighted by molar-refractivity contribution is -0.742.